The lowest BCUT2D eigenvalue weighted by molar-refractivity contribution is -0.129. The molecule has 29 heavy (non-hydrogen) atoms. The number of benzene rings is 2. The molecule has 0 spiro atoms. The number of hydrogen-bond acceptors (Lipinski definition) is 3. The zero-order valence-corrected chi connectivity index (χ0v) is 15.7. The Morgan fingerprint density at radius 1 is 1.10 bits per heavy atom. The largest absolute Gasteiger partial charge is 0.345 e. The number of β-lactam (4-membered cyclic amide) rings is 1. The van der Waals surface area contributed by atoms with Gasteiger partial charge in [-0.15, -0.1) is 0 Å². The number of carbonyl (C=O) groups is 1. The molecule has 1 aliphatic rings. The van der Waals surface area contributed by atoms with Crippen LogP contribution in [0.3, 0.4) is 0 Å². The molecule has 2 atom stereocenters. The van der Waals surface area contributed by atoms with Gasteiger partial charge in [0.05, 0.1) is 41.2 Å². The van der Waals surface area contributed by atoms with Crippen molar-refractivity contribution < 1.29 is 13.6 Å². The van der Waals surface area contributed by atoms with Crippen molar-refractivity contribution in [3.63, 3.8) is 0 Å². The Morgan fingerprint density at radius 3 is 2.55 bits per heavy atom. The maximum absolute atomic E-state index is 15.0. The van der Waals surface area contributed by atoms with Crippen LogP contribution in [0.15, 0.2) is 49.1 Å². The zero-order chi connectivity index (χ0) is 20.3. The number of aromatic nitrogens is 4. The Morgan fingerprint density at radius 2 is 1.86 bits per heavy atom. The van der Waals surface area contributed by atoms with E-state index >= 15 is 8.78 Å². The van der Waals surface area contributed by atoms with Gasteiger partial charge in [-0.1, -0.05) is 6.92 Å². The molecule has 6 nitrogen and oxygen atoms in total. The molecule has 1 aliphatic heterocycles. The zero-order valence-electron chi connectivity index (χ0n) is 15.7. The highest BCUT2D eigenvalue weighted by atomic mass is 19.1. The van der Waals surface area contributed by atoms with Crippen molar-refractivity contribution in [2.24, 2.45) is 5.92 Å². The van der Waals surface area contributed by atoms with Gasteiger partial charge >= 0.3 is 0 Å². The lowest BCUT2D eigenvalue weighted by atomic mass is 9.82. The molecule has 0 unspecified atom stereocenters. The smallest absolute Gasteiger partial charge is 0.232 e. The lowest BCUT2D eigenvalue weighted by Gasteiger charge is -2.46. The summed E-state index contributed by atoms with van der Waals surface area (Å²) in [7, 11) is 0. The second-order valence-corrected chi connectivity index (χ2v) is 7.33. The highest BCUT2D eigenvalue weighted by molar-refractivity contribution is 6.04. The van der Waals surface area contributed by atoms with Crippen LogP contribution < -0.4 is 4.90 Å². The number of H-pyrrole nitrogens is 1. The van der Waals surface area contributed by atoms with Crippen molar-refractivity contribution in [2.45, 2.75) is 19.9 Å². The van der Waals surface area contributed by atoms with E-state index in [9.17, 15) is 4.79 Å². The normalized spacial score (nSPS) is 19.0. The standard InChI is InChI=1S/C21H17F2N5O/c1-11-8-26-27(9-11)14-5-15(22)19(16(23)6-14)20-12(2)21(29)28(20)13-3-4-17-18(7-13)25-10-24-17/h3-10,12,20H,1-2H3,(H,24,25)/t12-,20-/m1/s1. The molecule has 1 fully saturated rings. The van der Waals surface area contributed by atoms with Crippen molar-refractivity contribution in [3.8, 4) is 5.69 Å². The molecule has 0 saturated carbocycles. The molecule has 0 radical (unpaired) electrons. The highest BCUT2D eigenvalue weighted by Gasteiger charge is 2.48. The Hall–Kier alpha value is -3.55. The third-order valence-electron chi connectivity index (χ3n) is 5.40. The molecule has 0 bridgehead atoms. The number of aryl methyl sites for hydroxylation is 1. The van der Waals surface area contributed by atoms with E-state index in [2.05, 4.69) is 15.1 Å². The van der Waals surface area contributed by atoms with E-state index in [-0.39, 0.29) is 11.5 Å². The van der Waals surface area contributed by atoms with Gasteiger partial charge in [0.1, 0.15) is 11.6 Å². The fourth-order valence-electron chi connectivity index (χ4n) is 3.91. The molecule has 0 aliphatic carbocycles. The minimum absolute atomic E-state index is 0.119. The first-order valence-corrected chi connectivity index (χ1v) is 9.21. The van der Waals surface area contributed by atoms with Crippen molar-refractivity contribution in [1.29, 1.82) is 0 Å². The number of carbonyl (C=O) groups excluding carboxylic acids is 1. The van der Waals surface area contributed by atoms with Crippen molar-refractivity contribution in [3.05, 3.63) is 71.8 Å². The third-order valence-corrected chi connectivity index (χ3v) is 5.40. The van der Waals surface area contributed by atoms with Gasteiger partial charge < -0.3 is 9.88 Å². The lowest BCUT2D eigenvalue weighted by Crippen LogP contribution is -2.54. The van der Waals surface area contributed by atoms with Crippen LogP contribution in [0.5, 0.6) is 0 Å². The first-order valence-electron chi connectivity index (χ1n) is 9.21. The second kappa shape index (κ2) is 6.23. The summed E-state index contributed by atoms with van der Waals surface area (Å²) >= 11 is 0. The average molecular weight is 393 g/mol. The predicted octanol–water partition coefficient (Wildman–Crippen LogP) is 4.06. The summed E-state index contributed by atoms with van der Waals surface area (Å²) in [6.07, 6.45) is 4.86. The summed E-state index contributed by atoms with van der Waals surface area (Å²) in [6.45, 7) is 3.53. The van der Waals surface area contributed by atoms with E-state index in [1.165, 1.54) is 21.7 Å². The Labute approximate surface area is 164 Å². The molecule has 1 saturated heterocycles. The van der Waals surface area contributed by atoms with Gasteiger partial charge in [-0.2, -0.15) is 5.10 Å². The molecule has 1 N–H and O–H groups in total. The molecule has 146 valence electrons. The monoisotopic (exact) mass is 393 g/mol. The van der Waals surface area contributed by atoms with Crippen LogP contribution in [0, 0.1) is 24.5 Å². The second-order valence-electron chi connectivity index (χ2n) is 7.33. The van der Waals surface area contributed by atoms with Crippen LogP contribution in [0.1, 0.15) is 24.1 Å². The molecule has 8 heteroatoms. The van der Waals surface area contributed by atoms with Crippen LogP contribution in [-0.2, 0) is 4.79 Å². The number of anilines is 1. The van der Waals surface area contributed by atoms with Gasteiger partial charge in [-0.3, -0.25) is 4.79 Å². The highest BCUT2D eigenvalue weighted by Crippen LogP contribution is 2.45. The summed E-state index contributed by atoms with van der Waals surface area (Å²) in [5.74, 6) is -2.13. The van der Waals surface area contributed by atoms with Gasteiger partial charge in [-0.05, 0) is 30.7 Å². The maximum atomic E-state index is 15.0. The number of halogens is 2. The van der Waals surface area contributed by atoms with E-state index in [0.29, 0.717) is 16.9 Å². The molecular formula is C21H17F2N5O. The minimum atomic E-state index is -0.729. The summed E-state index contributed by atoms with van der Waals surface area (Å²) in [5, 5.41) is 4.10. The van der Waals surface area contributed by atoms with Crippen LogP contribution in [-0.4, -0.2) is 25.7 Å². The van der Waals surface area contributed by atoms with E-state index in [1.54, 1.807) is 43.8 Å². The van der Waals surface area contributed by atoms with E-state index in [0.717, 1.165) is 11.1 Å². The number of imidazole rings is 1. The summed E-state index contributed by atoms with van der Waals surface area (Å²) in [5.41, 5.74) is 3.12. The Bertz CT molecular complexity index is 1240. The molecule has 4 aromatic rings. The quantitative estimate of drug-likeness (QED) is 0.534. The van der Waals surface area contributed by atoms with Gasteiger partial charge in [0.15, 0.2) is 0 Å². The van der Waals surface area contributed by atoms with Crippen molar-refractivity contribution >= 4 is 22.6 Å². The van der Waals surface area contributed by atoms with Crippen molar-refractivity contribution in [1.82, 2.24) is 19.7 Å². The van der Waals surface area contributed by atoms with Gasteiger partial charge in [0, 0.05) is 29.6 Å². The van der Waals surface area contributed by atoms with Gasteiger partial charge in [-0.25, -0.2) is 18.4 Å². The van der Waals surface area contributed by atoms with E-state index < -0.39 is 23.6 Å². The molecule has 3 heterocycles. The molecule has 2 aromatic heterocycles. The number of aromatic amines is 1. The maximum Gasteiger partial charge on any atom is 0.232 e. The number of fused-ring (bicyclic) bond motifs is 1. The molecule has 2 aromatic carbocycles. The summed E-state index contributed by atoms with van der Waals surface area (Å²) < 4.78 is 31.5. The summed E-state index contributed by atoms with van der Waals surface area (Å²) in [6, 6.07) is 7.03. The van der Waals surface area contributed by atoms with Gasteiger partial charge in [0.25, 0.3) is 0 Å². The molecular weight excluding hydrogens is 376 g/mol. The fourth-order valence-corrected chi connectivity index (χ4v) is 3.91. The van der Waals surface area contributed by atoms with Crippen LogP contribution in [0.4, 0.5) is 14.5 Å². The molecule has 1 amide bonds. The number of hydrogen-bond donors (Lipinski definition) is 1. The van der Waals surface area contributed by atoms with Gasteiger partial charge in [0.2, 0.25) is 5.91 Å². The first-order chi connectivity index (χ1) is 13.9. The SMILES string of the molecule is Cc1cnn(-c2cc(F)c([C@H]3[C@@H](C)C(=O)N3c3ccc4[nH]cnc4c3)c(F)c2)c1. The number of amides is 1. The fraction of sp³-hybridized carbons (Fsp3) is 0.190. The number of rotatable bonds is 3. The van der Waals surface area contributed by atoms with Crippen LogP contribution >= 0.6 is 0 Å². The Balaban J connectivity index is 1.57. The van der Waals surface area contributed by atoms with Crippen LogP contribution in [0.25, 0.3) is 16.7 Å². The third kappa shape index (κ3) is 2.63. The predicted molar refractivity (Wildman–Crippen MR) is 104 cm³/mol. The van der Waals surface area contributed by atoms with E-state index in [4.69, 9.17) is 0 Å². The Kier molecular flexibility index (Phi) is 3.77. The number of nitrogens with zero attached hydrogens (tertiary/aromatic N) is 4. The van der Waals surface area contributed by atoms with E-state index in [1.807, 2.05) is 6.92 Å². The van der Waals surface area contributed by atoms with Crippen molar-refractivity contribution in [2.75, 3.05) is 4.90 Å². The van der Waals surface area contributed by atoms with Crippen LogP contribution in [0.2, 0.25) is 0 Å². The average Bonchev–Trinajstić information content (AvgIpc) is 3.34. The topological polar surface area (TPSA) is 66.8 Å². The number of nitrogens with one attached hydrogen (secondary N) is 1. The minimum Gasteiger partial charge on any atom is -0.345 e. The first kappa shape index (κ1) is 17.5. The summed E-state index contributed by atoms with van der Waals surface area (Å²) in [4.78, 5) is 21.2. The molecule has 5 rings (SSSR count).